The molecule has 0 fully saturated rings. The second kappa shape index (κ2) is 5.88. The lowest BCUT2D eigenvalue weighted by Gasteiger charge is -2.09. The number of halogens is 1. The molecule has 0 aliphatic heterocycles. The van der Waals surface area contributed by atoms with Gasteiger partial charge in [-0.15, -0.1) is 0 Å². The number of aryl methyl sites for hydroxylation is 2. The van der Waals surface area contributed by atoms with Crippen LogP contribution in [0.25, 0.3) is 0 Å². The van der Waals surface area contributed by atoms with Crippen molar-refractivity contribution >= 4 is 27.6 Å². The van der Waals surface area contributed by atoms with Crippen molar-refractivity contribution in [3.8, 4) is 0 Å². The SMILES string of the molecule is NS(=O)(=O)c1cc(C(=O)O)c(CCc2ccco2)cc1Cl. The molecule has 8 heteroatoms. The van der Waals surface area contributed by atoms with Crippen molar-refractivity contribution in [3.05, 3.63) is 52.4 Å². The molecular formula is C13H12ClNO5S. The average Bonchev–Trinajstić information content (AvgIpc) is 2.87. The van der Waals surface area contributed by atoms with Crippen molar-refractivity contribution < 1.29 is 22.7 Å². The fourth-order valence-electron chi connectivity index (χ4n) is 1.93. The van der Waals surface area contributed by atoms with Crippen LogP contribution in [0.3, 0.4) is 0 Å². The number of carbonyl (C=O) groups is 1. The second-order valence-corrected chi connectivity index (χ2v) is 6.31. The van der Waals surface area contributed by atoms with Crippen molar-refractivity contribution in [2.45, 2.75) is 17.7 Å². The van der Waals surface area contributed by atoms with Gasteiger partial charge in [0.2, 0.25) is 10.0 Å². The maximum absolute atomic E-state index is 11.4. The number of primary sulfonamides is 1. The Morgan fingerprint density at radius 1 is 1.33 bits per heavy atom. The van der Waals surface area contributed by atoms with Crippen molar-refractivity contribution in [2.75, 3.05) is 0 Å². The minimum atomic E-state index is -4.08. The maximum Gasteiger partial charge on any atom is 0.336 e. The molecule has 0 atom stereocenters. The summed E-state index contributed by atoms with van der Waals surface area (Å²) in [4.78, 5) is 10.9. The van der Waals surface area contributed by atoms with E-state index >= 15 is 0 Å². The van der Waals surface area contributed by atoms with Gasteiger partial charge in [-0.25, -0.2) is 18.4 Å². The Hall–Kier alpha value is -1.83. The highest BCUT2D eigenvalue weighted by molar-refractivity contribution is 7.89. The van der Waals surface area contributed by atoms with Crippen LogP contribution in [0, 0.1) is 0 Å². The van der Waals surface area contributed by atoms with Crippen LogP contribution < -0.4 is 5.14 Å². The van der Waals surface area contributed by atoms with Crippen molar-refractivity contribution in [1.82, 2.24) is 0 Å². The van der Waals surface area contributed by atoms with Gasteiger partial charge in [-0.05, 0) is 36.2 Å². The third kappa shape index (κ3) is 3.63. The lowest BCUT2D eigenvalue weighted by atomic mass is 10.0. The molecule has 0 saturated heterocycles. The zero-order chi connectivity index (χ0) is 15.6. The molecule has 0 bridgehead atoms. The summed E-state index contributed by atoms with van der Waals surface area (Å²) < 4.78 is 27.9. The van der Waals surface area contributed by atoms with E-state index in [0.717, 1.165) is 6.07 Å². The number of rotatable bonds is 5. The number of nitrogens with two attached hydrogens (primary N) is 1. The van der Waals surface area contributed by atoms with E-state index < -0.39 is 20.9 Å². The van der Waals surface area contributed by atoms with Gasteiger partial charge in [0.05, 0.1) is 16.8 Å². The van der Waals surface area contributed by atoms with Crippen LogP contribution in [0.1, 0.15) is 21.7 Å². The van der Waals surface area contributed by atoms with E-state index in [1.165, 1.54) is 12.3 Å². The Kier molecular flexibility index (Phi) is 4.36. The van der Waals surface area contributed by atoms with Gasteiger partial charge in [0.1, 0.15) is 10.7 Å². The van der Waals surface area contributed by atoms with Gasteiger partial charge in [0, 0.05) is 6.42 Å². The summed E-state index contributed by atoms with van der Waals surface area (Å²) in [5.41, 5.74) is 0.270. The van der Waals surface area contributed by atoms with E-state index in [4.69, 9.17) is 21.2 Å². The van der Waals surface area contributed by atoms with Crippen LogP contribution in [0.4, 0.5) is 0 Å². The molecule has 3 N–H and O–H groups in total. The summed E-state index contributed by atoms with van der Waals surface area (Å²) in [6.45, 7) is 0. The molecule has 0 spiro atoms. The highest BCUT2D eigenvalue weighted by atomic mass is 35.5. The monoisotopic (exact) mass is 329 g/mol. The molecule has 112 valence electrons. The summed E-state index contributed by atoms with van der Waals surface area (Å²) >= 11 is 5.88. The molecule has 1 heterocycles. The predicted octanol–water partition coefficient (Wildman–Crippen LogP) is 2.06. The lowest BCUT2D eigenvalue weighted by molar-refractivity contribution is 0.0695. The third-order valence-electron chi connectivity index (χ3n) is 2.92. The van der Waals surface area contributed by atoms with Gasteiger partial charge >= 0.3 is 5.97 Å². The first-order valence-corrected chi connectivity index (χ1v) is 7.82. The smallest absolute Gasteiger partial charge is 0.336 e. The molecule has 2 rings (SSSR count). The molecule has 21 heavy (non-hydrogen) atoms. The highest BCUT2D eigenvalue weighted by Gasteiger charge is 2.20. The normalized spacial score (nSPS) is 11.5. The number of hydrogen-bond donors (Lipinski definition) is 2. The van der Waals surface area contributed by atoms with E-state index in [9.17, 15) is 18.3 Å². The van der Waals surface area contributed by atoms with Gasteiger partial charge in [-0.1, -0.05) is 11.6 Å². The van der Waals surface area contributed by atoms with Crippen molar-refractivity contribution in [1.29, 1.82) is 0 Å². The predicted molar refractivity (Wildman–Crippen MR) is 75.9 cm³/mol. The van der Waals surface area contributed by atoms with Gasteiger partial charge in [0.15, 0.2) is 0 Å². The van der Waals surface area contributed by atoms with E-state index in [-0.39, 0.29) is 10.6 Å². The molecule has 1 aromatic heterocycles. The number of carboxylic acids is 1. The fraction of sp³-hybridized carbons (Fsp3) is 0.154. The number of aromatic carboxylic acids is 1. The lowest BCUT2D eigenvalue weighted by Crippen LogP contribution is -2.15. The van der Waals surface area contributed by atoms with E-state index in [2.05, 4.69) is 0 Å². The maximum atomic E-state index is 11.4. The zero-order valence-electron chi connectivity index (χ0n) is 10.7. The first-order chi connectivity index (χ1) is 9.79. The summed E-state index contributed by atoms with van der Waals surface area (Å²) in [7, 11) is -4.08. The Bertz CT molecular complexity index is 768. The third-order valence-corrected chi connectivity index (χ3v) is 4.29. The Morgan fingerprint density at radius 3 is 2.57 bits per heavy atom. The second-order valence-electron chi connectivity index (χ2n) is 4.37. The van der Waals surface area contributed by atoms with Crippen LogP contribution in [0.15, 0.2) is 39.8 Å². The van der Waals surface area contributed by atoms with Crippen LogP contribution in [0.2, 0.25) is 5.02 Å². The fourth-order valence-corrected chi connectivity index (χ4v) is 3.05. The first-order valence-electron chi connectivity index (χ1n) is 5.90. The van der Waals surface area contributed by atoms with Gasteiger partial charge < -0.3 is 9.52 Å². The molecule has 2 aromatic rings. The Labute approximate surface area is 126 Å². The summed E-state index contributed by atoms with van der Waals surface area (Å²) in [6, 6.07) is 5.79. The minimum Gasteiger partial charge on any atom is -0.478 e. The van der Waals surface area contributed by atoms with E-state index in [1.807, 2.05) is 0 Å². The number of hydrogen-bond acceptors (Lipinski definition) is 4. The quantitative estimate of drug-likeness (QED) is 0.872. The molecular weight excluding hydrogens is 318 g/mol. The molecule has 0 radical (unpaired) electrons. The van der Waals surface area contributed by atoms with Gasteiger partial charge in [0.25, 0.3) is 0 Å². The van der Waals surface area contributed by atoms with Gasteiger partial charge in [-0.3, -0.25) is 0 Å². The summed E-state index contributed by atoms with van der Waals surface area (Å²) in [5.74, 6) is -0.552. The number of benzene rings is 1. The zero-order valence-corrected chi connectivity index (χ0v) is 12.3. The molecule has 0 aliphatic rings. The molecule has 0 amide bonds. The highest BCUT2D eigenvalue weighted by Crippen LogP contribution is 2.26. The molecule has 0 saturated carbocycles. The van der Waals surface area contributed by atoms with Crippen molar-refractivity contribution in [3.63, 3.8) is 0 Å². The van der Waals surface area contributed by atoms with E-state index in [0.29, 0.717) is 24.2 Å². The van der Waals surface area contributed by atoms with Crippen LogP contribution in [-0.2, 0) is 22.9 Å². The number of furan rings is 1. The van der Waals surface area contributed by atoms with Crippen LogP contribution in [0.5, 0.6) is 0 Å². The van der Waals surface area contributed by atoms with Crippen molar-refractivity contribution in [2.24, 2.45) is 5.14 Å². The topological polar surface area (TPSA) is 111 Å². The van der Waals surface area contributed by atoms with Gasteiger partial charge in [-0.2, -0.15) is 0 Å². The minimum absolute atomic E-state index is 0.100. The standard InChI is InChI=1S/C13H12ClNO5S/c14-11-6-8(3-4-9-2-1-5-20-9)10(13(16)17)7-12(11)21(15,18)19/h1-2,5-7H,3-4H2,(H,16,17)(H2,15,18,19). The molecule has 0 aliphatic carbocycles. The number of sulfonamides is 1. The largest absolute Gasteiger partial charge is 0.478 e. The number of carboxylic acid groups (broad SMARTS) is 1. The average molecular weight is 330 g/mol. The van der Waals surface area contributed by atoms with E-state index in [1.54, 1.807) is 12.1 Å². The van der Waals surface area contributed by atoms with Crippen LogP contribution >= 0.6 is 11.6 Å². The van der Waals surface area contributed by atoms with Crippen LogP contribution in [-0.4, -0.2) is 19.5 Å². The molecule has 0 unspecified atom stereocenters. The molecule has 1 aromatic carbocycles. The summed E-state index contributed by atoms with van der Waals surface area (Å²) in [5, 5.41) is 14.1. The summed E-state index contributed by atoms with van der Waals surface area (Å²) in [6.07, 6.45) is 2.34. The first kappa shape index (κ1) is 15.6. The Balaban J connectivity index is 2.41. The molecule has 6 nitrogen and oxygen atoms in total. The Morgan fingerprint density at radius 2 is 2.05 bits per heavy atom.